The van der Waals surface area contributed by atoms with Gasteiger partial charge in [0.05, 0.1) is 22.2 Å². The fraction of sp³-hybridized carbons (Fsp3) is 0.286. The van der Waals surface area contributed by atoms with E-state index >= 15 is 0 Å². The van der Waals surface area contributed by atoms with E-state index in [0.29, 0.717) is 27.7 Å². The van der Waals surface area contributed by atoms with E-state index in [1.165, 1.54) is 6.21 Å². The standard InChI is InChI=1S/C14H14Cl2N4O2/c1-8-10(14(22)20-18-8)5-6-12(21)19-17-7-9-3-2-4-11(15)13(9)16/h2-4,7,10H,5-6H2,1H3,(H,19,21)(H,20,22)/b17-7-/t10-/m0/s1. The molecule has 0 unspecified atom stereocenters. The molecule has 2 rings (SSSR count). The molecule has 0 spiro atoms. The molecule has 0 aliphatic carbocycles. The van der Waals surface area contributed by atoms with Crippen molar-refractivity contribution in [1.29, 1.82) is 0 Å². The van der Waals surface area contributed by atoms with Gasteiger partial charge in [-0.1, -0.05) is 35.3 Å². The molecule has 6 nitrogen and oxygen atoms in total. The summed E-state index contributed by atoms with van der Waals surface area (Å²) in [7, 11) is 0. The molecule has 1 aromatic rings. The quantitative estimate of drug-likeness (QED) is 0.637. The van der Waals surface area contributed by atoms with Crippen LogP contribution in [0.2, 0.25) is 10.0 Å². The lowest BCUT2D eigenvalue weighted by Crippen LogP contribution is -2.25. The van der Waals surface area contributed by atoms with Crippen LogP contribution in [-0.4, -0.2) is 23.7 Å². The fourth-order valence-electron chi connectivity index (χ4n) is 1.95. The number of benzene rings is 1. The fourth-order valence-corrected chi connectivity index (χ4v) is 2.31. The SMILES string of the molecule is CC1=NNC(=O)[C@H]1CCC(=O)N/N=C\c1cccc(Cl)c1Cl. The Labute approximate surface area is 137 Å². The van der Waals surface area contributed by atoms with Crippen molar-refractivity contribution in [1.82, 2.24) is 10.9 Å². The van der Waals surface area contributed by atoms with E-state index in [0.717, 1.165) is 0 Å². The largest absolute Gasteiger partial charge is 0.273 e. The summed E-state index contributed by atoms with van der Waals surface area (Å²) >= 11 is 11.9. The van der Waals surface area contributed by atoms with E-state index in [4.69, 9.17) is 23.2 Å². The van der Waals surface area contributed by atoms with Gasteiger partial charge in [0.15, 0.2) is 0 Å². The zero-order chi connectivity index (χ0) is 16.1. The number of rotatable bonds is 5. The van der Waals surface area contributed by atoms with Crippen molar-refractivity contribution < 1.29 is 9.59 Å². The van der Waals surface area contributed by atoms with Crippen molar-refractivity contribution in [2.24, 2.45) is 16.1 Å². The highest BCUT2D eigenvalue weighted by molar-refractivity contribution is 6.43. The van der Waals surface area contributed by atoms with Crippen LogP contribution >= 0.6 is 23.2 Å². The van der Waals surface area contributed by atoms with Crippen molar-refractivity contribution in [2.75, 3.05) is 0 Å². The first kappa shape index (κ1) is 16.5. The molecule has 1 aliphatic heterocycles. The van der Waals surface area contributed by atoms with Gasteiger partial charge in [-0.2, -0.15) is 10.2 Å². The Morgan fingerprint density at radius 2 is 2.27 bits per heavy atom. The van der Waals surface area contributed by atoms with Gasteiger partial charge in [-0.3, -0.25) is 9.59 Å². The topological polar surface area (TPSA) is 82.9 Å². The second-order valence-electron chi connectivity index (χ2n) is 4.76. The highest BCUT2D eigenvalue weighted by atomic mass is 35.5. The molecule has 8 heteroatoms. The number of halogens is 2. The average molecular weight is 341 g/mol. The molecule has 2 amide bonds. The predicted octanol–water partition coefficient (Wildman–Crippen LogP) is 2.35. The lowest BCUT2D eigenvalue weighted by Gasteiger charge is -2.06. The monoisotopic (exact) mass is 340 g/mol. The summed E-state index contributed by atoms with van der Waals surface area (Å²) in [5.41, 5.74) is 6.06. The van der Waals surface area contributed by atoms with Crippen LogP contribution in [-0.2, 0) is 9.59 Å². The Balaban J connectivity index is 1.83. The summed E-state index contributed by atoms with van der Waals surface area (Å²) in [6.45, 7) is 1.75. The van der Waals surface area contributed by atoms with Gasteiger partial charge < -0.3 is 0 Å². The van der Waals surface area contributed by atoms with Gasteiger partial charge in [0.2, 0.25) is 11.8 Å². The second kappa shape index (κ2) is 7.38. The minimum absolute atomic E-state index is 0.172. The zero-order valence-corrected chi connectivity index (χ0v) is 13.3. The van der Waals surface area contributed by atoms with Crippen LogP contribution in [0, 0.1) is 5.92 Å². The molecule has 22 heavy (non-hydrogen) atoms. The molecule has 1 heterocycles. The number of carbonyl (C=O) groups is 2. The van der Waals surface area contributed by atoms with E-state index in [1.54, 1.807) is 25.1 Å². The lowest BCUT2D eigenvalue weighted by atomic mass is 9.99. The molecular weight excluding hydrogens is 327 g/mol. The van der Waals surface area contributed by atoms with Crippen LogP contribution in [0.1, 0.15) is 25.3 Å². The van der Waals surface area contributed by atoms with Crippen LogP contribution in [0.3, 0.4) is 0 Å². The maximum atomic E-state index is 11.7. The number of amides is 2. The molecule has 0 fully saturated rings. The first-order valence-electron chi connectivity index (χ1n) is 6.59. The lowest BCUT2D eigenvalue weighted by molar-refractivity contribution is -0.123. The van der Waals surface area contributed by atoms with E-state index < -0.39 is 0 Å². The van der Waals surface area contributed by atoms with Crippen molar-refractivity contribution >= 4 is 46.9 Å². The first-order chi connectivity index (χ1) is 10.5. The van der Waals surface area contributed by atoms with Crippen molar-refractivity contribution in [3.05, 3.63) is 33.8 Å². The minimum atomic E-state index is -0.350. The molecule has 1 aliphatic rings. The normalized spacial score (nSPS) is 17.5. The Hall–Kier alpha value is -1.92. The molecule has 0 saturated heterocycles. The Morgan fingerprint density at radius 3 is 2.95 bits per heavy atom. The highest BCUT2D eigenvalue weighted by Gasteiger charge is 2.26. The molecule has 0 saturated carbocycles. The molecule has 1 aromatic carbocycles. The summed E-state index contributed by atoms with van der Waals surface area (Å²) in [4.78, 5) is 23.2. The molecule has 0 aromatic heterocycles. The molecular formula is C14H14Cl2N4O2. The molecule has 0 radical (unpaired) electrons. The Morgan fingerprint density at radius 1 is 1.50 bits per heavy atom. The predicted molar refractivity (Wildman–Crippen MR) is 86.2 cm³/mol. The van der Waals surface area contributed by atoms with Gasteiger partial charge >= 0.3 is 0 Å². The smallest absolute Gasteiger partial charge is 0.248 e. The van der Waals surface area contributed by atoms with Crippen LogP contribution < -0.4 is 10.9 Å². The summed E-state index contributed by atoms with van der Waals surface area (Å²) in [5.74, 6) is -0.821. The highest BCUT2D eigenvalue weighted by Crippen LogP contribution is 2.24. The summed E-state index contributed by atoms with van der Waals surface area (Å²) in [6, 6.07) is 5.13. The van der Waals surface area contributed by atoms with Gasteiger partial charge in [-0.25, -0.2) is 10.9 Å². The maximum Gasteiger partial charge on any atom is 0.248 e. The summed E-state index contributed by atoms with van der Waals surface area (Å²) < 4.78 is 0. The third kappa shape index (κ3) is 4.05. The van der Waals surface area contributed by atoms with E-state index in [2.05, 4.69) is 21.1 Å². The van der Waals surface area contributed by atoms with E-state index in [9.17, 15) is 9.59 Å². The van der Waals surface area contributed by atoms with Gasteiger partial charge in [0, 0.05) is 17.7 Å². The summed E-state index contributed by atoms with van der Waals surface area (Å²) in [5, 5.41) is 8.44. The molecule has 2 N–H and O–H groups in total. The van der Waals surface area contributed by atoms with Crippen molar-refractivity contribution in [3.63, 3.8) is 0 Å². The van der Waals surface area contributed by atoms with Gasteiger partial charge in [-0.05, 0) is 19.4 Å². The average Bonchev–Trinajstić information content (AvgIpc) is 2.80. The van der Waals surface area contributed by atoms with E-state index in [-0.39, 0.29) is 24.2 Å². The third-order valence-corrected chi connectivity index (χ3v) is 4.03. The second-order valence-corrected chi connectivity index (χ2v) is 5.54. The van der Waals surface area contributed by atoms with Crippen LogP contribution in [0.15, 0.2) is 28.4 Å². The number of hydrogen-bond acceptors (Lipinski definition) is 4. The van der Waals surface area contributed by atoms with Crippen LogP contribution in [0.5, 0.6) is 0 Å². The number of nitrogens with one attached hydrogen (secondary N) is 2. The van der Waals surface area contributed by atoms with E-state index in [1.807, 2.05) is 0 Å². The number of carbonyl (C=O) groups excluding carboxylic acids is 2. The first-order valence-corrected chi connectivity index (χ1v) is 7.34. The van der Waals surface area contributed by atoms with Gasteiger partial charge in [0.25, 0.3) is 0 Å². The molecule has 0 bridgehead atoms. The Kier molecular flexibility index (Phi) is 5.51. The molecule has 1 atom stereocenters. The summed E-state index contributed by atoms with van der Waals surface area (Å²) in [6.07, 6.45) is 1.98. The van der Waals surface area contributed by atoms with Crippen molar-refractivity contribution in [3.8, 4) is 0 Å². The number of hydrazone groups is 2. The maximum absolute atomic E-state index is 11.7. The zero-order valence-electron chi connectivity index (χ0n) is 11.8. The van der Waals surface area contributed by atoms with Gasteiger partial charge in [0.1, 0.15) is 0 Å². The van der Waals surface area contributed by atoms with Crippen LogP contribution in [0.4, 0.5) is 0 Å². The number of hydrogen-bond donors (Lipinski definition) is 2. The van der Waals surface area contributed by atoms with Crippen LogP contribution in [0.25, 0.3) is 0 Å². The number of nitrogens with zero attached hydrogens (tertiary/aromatic N) is 2. The third-order valence-electron chi connectivity index (χ3n) is 3.20. The Bertz CT molecular complexity index is 658. The minimum Gasteiger partial charge on any atom is -0.273 e. The van der Waals surface area contributed by atoms with Gasteiger partial charge in [-0.15, -0.1) is 0 Å². The molecule has 116 valence electrons. The van der Waals surface area contributed by atoms with Crippen molar-refractivity contribution in [2.45, 2.75) is 19.8 Å².